The minimum Gasteiger partial charge on any atom is -0.482 e. The molecular weight excluding hydrogens is 302 g/mol. The highest BCUT2D eigenvalue weighted by molar-refractivity contribution is 7.80. The molecule has 1 rings (SSSR count). The lowest BCUT2D eigenvalue weighted by molar-refractivity contribution is -0.139. The van der Waals surface area contributed by atoms with Gasteiger partial charge in [-0.3, -0.25) is 5.43 Å². The Kier molecular flexibility index (Phi) is 7.91. The van der Waals surface area contributed by atoms with Gasteiger partial charge >= 0.3 is 5.97 Å². The molecule has 6 nitrogen and oxygen atoms in total. The number of unbranched alkanes of at least 4 members (excludes halogenated alkanes) is 1. The summed E-state index contributed by atoms with van der Waals surface area (Å²) >= 11 is 5.11. The van der Waals surface area contributed by atoms with E-state index in [1.807, 2.05) is 13.0 Å². The van der Waals surface area contributed by atoms with Gasteiger partial charge in [0, 0.05) is 12.1 Å². The zero-order valence-electron chi connectivity index (χ0n) is 12.8. The third-order valence-corrected chi connectivity index (χ3v) is 2.99. The van der Waals surface area contributed by atoms with E-state index in [0.717, 1.165) is 30.7 Å². The van der Waals surface area contributed by atoms with Crippen molar-refractivity contribution in [3.8, 4) is 5.75 Å². The second-order valence-corrected chi connectivity index (χ2v) is 5.04. The van der Waals surface area contributed by atoms with Gasteiger partial charge in [-0.2, -0.15) is 5.10 Å². The smallest absolute Gasteiger partial charge is 0.341 e. The van der Waals surface area contributed by atoms with Crippen LogP contribution in [0.1, 0.15) is 32.3 Å². The van der Waals surface area contributed by atoms with Gasteiger partial charge in [0.1, 0.15) is 5.75 Å². The van der Waals surface area contributed by atoms with Gasteiger partial charge in [-0.25, -0.2) is 4.79 Å². The van der Waals surface area contributed by atoms with Crippen molar-refractivity contribution in [2.24, 2.45) is 5.10 Å². The Bertz CT molecular complexity index is 547. The number of hydrogen-bond donors (Lipinski definition) is 3. The van der Waals surface area contributed by atoms with Crippen LogP contribution in [-0.4, -0.2) is 35.1 Å². The first-order valence-corrected chi connectivity index (χ1v) is 7.47. The average molecular weight is 323 g/mol. The summed E-state index contributed by atoms with van der Waals surface area (Å²) in [6, 6.07) is 7.08. The largest absolute Gasteiger partial charge is 0.482 e. The zero-order chi connectivity index (χ0) is 16.4. The lowest BCUT2D eigenvalue weighted by atomic mass is 10.1. The number of hydrogen-bond acceptors (Lipinski definition) is 4. The monoisotopic (exact) mass is 323 g/mol. The molecule has 0 atom stereocenters. The second kappa shape index (κ2) is 9.73. The summed E-state index contributed by atoms with van der Waals surface area (Å²) in [4.78, 5) is 10.5. The van der Waals surface area contributed by atoms with Crippen molar-refractivity contribution in [2.45, 2.75) is 26.7 Å². The van der Waals surface area contributed by atoms with Gasteiger partial charge in [0.05, 0.1) is 5.71 Å². The van der Waals surface area contributed by atoms with Gasteiger partial charge < -0.3 is 15.2 Å². The first-order valence-electron chi connectivity index (χ1n) is 7.06. The molecule has 120 valence electrons. The zero-order valence-corrected chi connectivity index (χ0v) is 13.6. The highest BCUT2D eigenvalue weighted by atomic mass is 32.1. The number of rotatable bonds is 8. The Morgan fingerprint density at radius 2 is 2.23 bits per heavy atom. The summed E-state index contributed by atoms with van der Waals surface area (Å²) in [7, 11) is 0. The molecule has 0 fully saturated rings. The highest BCUT2D eigenvalue weighted by Gasteiger charge is 2.03. The molecule has 0 spiro atoms. The fraction of sp³-hybridized carbons (Fsp3) is 0.400. The van der Waals surface area contributed by atoms with Gasteiger partial charge in [-0.15, -0.1) is 0 Å². The third kappa shape index (κ3) is 7.03. The van der Waals surface area contributed by atoms with Gasteiger partial charge in [0.15, 0.2) is 11.7 Å². The van der Waals surface area contributed by atoms with Gasteiger partial charge in [-0.1, -0.05) is 25.5 Å². The third-order valence-electron chi connectivity index (χ3n) is 2.76. The van der Waals surface area contributed by atoms with Crippen LogP contribution in [-0.2, 0) is 4.79 Å². The molecule has 22 heavy (non-hydrogen) atoms. The summed E-state index contributed by atoms with van der Waals surface area (Å²) in [5.74, 6) is -0.529. The van der Waals surface area contributed by atoms with Crippen LogP contribution in [0.4, 0.5) is 0 Å². The fourth-order valence-electron chi connectivity index (χ4n) is 1.57. The highest BCUT2D eigenvalue weighted by Crippen LogP contribution is 2.13. The van der Waals surface area contributed by atoms with Crippen molar-refractivity contribution in [1.82, 2.24) is 10.7 Å². The minimum atomic E-state index is -1.01. The van der Waals surface area contributed by atoms with Gasteiger partial charge in [-0.05, 0) is 37.7 Å². The normalized spacial score (nSPS) is 10.9. The predicted octanol–water partition coefficient (Wildman–Crippen LogP) is 2.14. The second-order valence-electron chi connectivity index (χ2n) is 4.63. The van der Waals surface area contributed by atoms with Crippen molar-refractivity contribution in [3.63, 3.8) is 0 Å². The Morgan fingerprint density at radius 3 is 2.91 bits per heavy atom. The number of ether oxygens (including phenoxy) is 1. The molecule has 0 aliphatic rings. The molecule has 0 aliphatic carbocycles. The number of hydrazone groups is 1. The maximum atomic E-state index is 10.5. The number of aliphatic carboxylic acids is 1. The van der Waals surface area contributed by atoms with Crippen LogP contribution >= 0.6 is 12.2 Å². The Hall–Kier alpha value is -2.15. The molecule has 7 heteroatoms. The van der Waals surface area contributed by atoms with Crippen LogP contribution in [0.25, 0.3) is 0 Å². The van der Waals surface area contributed by atoms with E-state index in [1.54, 1.807) is 18.2 Å². The van der Waals surface area contributed by atoms with E-state index in [1.165, 1.54) is 0 Å². The molecule has 0 heterocycles. The van der Waals surface area contributed by atoms with E-state index in [0.29, 0.717) is 10.9 Å². The summed E-state index contributed by atoms with van der Waals surface area (Å²) in [5.41, 5.74) is 4.33. The van der Waals surface area contributed by atoms with Crippen molar-refractivity contribution in [3.05, 3.63) is 29.8 Å². The maximum absolute atomic E-state index is 10.5. The van der Waals surface area contributed by atoms with Gasteiger partial charge in [0.2, 0.25) is 0 Å². The molecule has 0 amide bonds. The van der Waals surface area contributed by atoms with E-state index in [-0.39, 0.29) is 6.61 Å². The topological polar surface area (TPSA) is 83.0 Å². The molecule has 0 unspecified atom stereocenters. The van der Waals surface area contributed by atoms with Crippen LogP contribution in [0, 0.1) is 0 Å². The molecule has 0 bridgehead atoms. The first kappa shape index (κ1) is 17.9. The Labute approximate surface area is 135 Å². The molecule has 0 saturated carbocycles. The number of nitrogens with zero attached hydrogens (tertiary/aromatic N) is 1. The molecule has 0 aromatic heterocycles. The lowest BCUT2D eigenvalue weighted by Gasteiger charge is -2.08. The SMILES string of the molecule is CCCCNC(=S)N/N=C(/C)c1cccc(OCC(=O)O)c1. The molecular formula is C15H21N3O3S. The molecule has 3 N–H and O–H groups in total. The van der Waals surface area contributed by atoms with Crippen LogP contribution in [0.15, 0.2) is 29.4 Å². The number of carboxylic acid groups (broad SMARTS) is 1. The van der Waals surface area contributed by atoms with Crippen molar-refractivity contribution >= 4 is 29.0 Å². The van der Waals surface area contributed by atoms with Crippen molar-refractivity contribution in [1.29, 1.82) is 0 Å². The molecule has 1 aromatic rings. The van der Waals surface area contributed by atoms with Crippen molar-refractivity contribution in [2.75, 3.05) is 13.2 Å². The number of carboxylic acids is 1. The number of benzene rings is 1. The first-order chi connectivity index (χ1) is 10.5. The average Bonchev–Trinajstić information content (AvgIpc) is 2.51. The lowest BCUT2D eigenvalue weighted by Crippen LogP contribution is -2.33. The number of nitrogens with one attached hydrogen (secondary N) is 2. The van der Waals surface area contributed by atoms with Gasteiger partial charge in [0.25, 0.3) is 0 Å². The van der Waals surface area contributed by atoms with E-state index >= 15 is 0 Å². The number of carbonyl (C=O) groups is 1. The van der Waals surface area contributed by atoms with Crippen LogP contribution in [0.5, 0.6) is 5.75 Å². The van der Waals surface area contributed by atoms with E-state index in [2.05, 4.69) is 22.8 Å². The Morgan fingerprint density at radius 1 is 1.45 bits per heavy atom. The standard InChI is InChI=1S/C15H21N3O3S/c1-3-4-8-16-15(22)18-17-11(2)12-6-5-7-13(9-12)21-10-14(19)20/h5-7,9H,3-4,8,10H2,1-2H3,(H,19,20)(H2,16,18,22)/b17-11-. The van der Waals surface area contributed by atoms with Crippen LogP contribution in [0.2, 0.25) is 0 Å². The molecule has 0 aliphatic heterocycles. The minimum absolute atomic E-state index is 0.372. The van der Waals surface area contributed by atoms with E-state index in [4.69, 9.17) is 22.1 Å². The predicted molar refractivity (Wildman–Crippen MR) is 90.4 cm³/mol. The van der Waals surface area contributed by atoms with Crippen LogP contribution in [0.3, 0.4) is 0 Å². The summed E-state index contributed by atoms with van der Waals surface area (Å²) < 4.78 is 5.14. The fourth-order valence-corrected chi connectivity index (χ4v) is 1.72. The summed E-state index contributed by atoms with van der Waals surface area (Å²) in [6.45, 7) is 4.39. The maximum Gasteiger partial charge on any atom is 0.341 e. The Balaban J connectivity index is 2.58. The molecule has 0 saturated heterocycles. The number of thiocarbonyl (C=S) groups is 1. The quantitative estimate of drug-likeness (QED) is 0.294. The van der Waals surface area contributed by atoms with E-state index < -0.39 is 5.97 Å². The van der Waals surface area contributed by atoms with Crippen molar-refractivity contribution < 1.29 is 14.6 Å². The summed E-state index contributed by atoms with van der Waals surface area (Å²) in [6.07, 6.45) is 2.15. The molecule has 1 aromatic carbocycles. The van der Waals surface area contributed by atoms with Crippen LogP contribution < -0.4 is 15.5 Å². The molecule has 0 radical (unpaired) electrons. The summed E-state index contributed by atoms with van der Waals surface area (Å²) in [5, 5.41) is 16.3. The van der Waals surface area contributed by atoms with E-state index in [9.17, 15) is 4.79 Å².